The Morgan fingerprint density at radius 1 is 0.975 bits per heavy atom. The van der Waals surface area contributed by atoms with Crippen LogP contribution >= 0.6 is 0 Å². The first-order valence-corrected chi connectivity index (χ1v) is 13.8. The number of halogens is 3. The molecule has 0 bridgehead atoms. The fourth-order valence-electron chi connectivity index (χ4n) is 4.33. The average molecular weight is 566 g/mol. The average Bonchev–Trinajstić information content (AvgIpc) is 2.92. The Morgan fingerprint density at radius 3 is 2.33 bits per heavy atom. The molecule has 7 nitrogen and oxygen atoms in total. The number of benzene rings is 2. The van der Waals surface area contributed by atoms with E-state index >= 15 is 0 Å². The molecule has 2 aromatic carbocycles. The topological polar surface area (TPSA) is 103 Å². The maximum absolute atomic E-state index is 14.3. The van der Waals surface area contributed by atoms with Crippen molar-refractivity contribution in [2.75, 3.05) is 13.7 Å². The fraction of sp³-hybridized carbons (Fsp3) is 0.533. The number of carbonyl (C=O) groups is 2. The summed E-state index contributed by atoms with van der Waals surface area (Å²) in [6.07, 6.45) is -0.0149. The van der Waals surface area contributed by atoms with Crippen LogP contribution in [0.4, 0.5) is 18.0 Å². The van der Waals surface area contributed by atoms with Gasteiger partial charge in [-0.05, 0) is 60.9 Å². The van der Waals surface area contributed by atoms with Crippen LogP contribution in [-0.4, -0.2) is 50.1 Å². The second-order valence-corrected chi connectivity index (χ2v) is 9.93. The summed E-state index contributed by atoms with van der Waals surface area (Å²) in [6.45, 7) is 4.62. The molecule has 2 aromatic rings. The third kappa shape index (κ3) is 12.0. The normalized spacial score (nSPS) is 14.2. The Morgan fingerprint density at radius 2 is 1.68 bits per heavy atom. The molecule has 0 aromatic heterocycles. The number of carbonyl (C=O) groups excluding carboxylic acids is 2. The molecule has 10 heteroatoms. The number of alkyl carbamates (subject to hydrolysis) is 1. The van der Waals surface area contributed by atoms with Gasteiger partial charge in [0.1, 0.15) is 30.0 Å². The Balaban J connectivity index is 2.16. The molecule has 40 heavy (non-hydrogen) atoms. The summed E-state index contributed by atoms with van der Waals surface area (Å²) in [5.41, 5.74) is 8.90. The van der Waals surface area contributed by atoms with Crippen molar-refractivity contribution < 1.29 is 32.2 Å². The second kappa shape index (κ2) is 17.6. The molecule has 4 atom stereocenters. The van der Waals surface area contributed by atoms with Gasteiger partial charge in [0, 0.05) is 25.2 Å². The van der Waals surface area contributed by atoms with Gasteiger partial charge in [0.25, 0.3) is 0 Å². The van der Waals surface area contributed by atoms with Crippen LogP contribution in [0.1, 0.15) is 62.6 Å². The van der Waals surface area contributed by atoms with Gasteiger partial charge in [0.2, 0.25) is 0 Å². The number of alkyl halides is 1. The molecule has 0 saturated carbocycles. The number of rotatable bonds is 17. The minimum atomic E-state index is -1.16. The molecule has 0 fully saturated rings. The van der Waals surface area contributed by atoms with Crippen molar-refractivity contribution >= 4 is 12.1 Å². The zero-order valence-electron chi connectivity index (χ0n) is 23.6. The van der Waals surface area contributed by atoms with Gasteiger partial charge in [-0.1, -0.05) is 51.0 Å². The van der Waals surface area contributed by atoms with Crippen molar-refractivity contribution in [1.82, 2.24) is 10.6 Å². The van der Waals surface area contributed by atoms with Crippen LogP contribution in [-0.2, 0) is 33.7 Å². The predicted octanol–water partition coefficient (Wildman–Crippen LogP) is 5.13. The largest absolute Gasteiger partial charge is 0.458 e. The number of amides is 1. The maximum Gasteiger partial charge on any atom is 0.407 e. The van der Waals surface area contributed by atoms with Gasteiger partial charge < -0.3 is 25.8 Å². The lowest BCUT2D eigenvalue weighted by atomic mass is 10.0. The van der Waals surface area contributed by atoms with E-state index in [2.05, 4.69) is 28.4 Å². The Bertz CT molecular complexity index is 1050. The second-order valence-electron chi connectivity index (χ2n) is 9.93. The number of hydrogen-bond acceptors (Lipinski definition) is 6. The summed E-state index contributed by atoms with van der Waals surface area (Å²) >= 11 is 0. The van der Waals surface area contributed by atoms with Crippen LogP contribution < -0.4 is 16.4 Å². The predicted molar refractivity (Wildman–Crippen MR) is 148 cm³/mol. The lowest BCUT2D eigenvalue weighted by Gasteiger charge is -2.27. The first-order valence-electron chi connectivity index (χ1n) is 13.8. The van der Waals surface area contributed by atoms with Gasteiger partial charge in [-0.25, -0.2) is 22.8 Å². The van der Waals surface area contributed by atoms with E-state index in [9.17, 15) is 22.8 Å². The van der Waals surface area contributed by atoms with E-state index in [1.54, 1.807) is 0 Å². The van der Waals surface area contributed by atoms with E-state index < -0.39 is 48.1 Å². The molecule has 0 heterocycles. The molecule has 0 saturated heterocycles. The summed E-state index contributed by atoms with van der Waals surface area (Å²) in [5.74, 6) is -2.28. The molecule has 0 aliphatic heterocycles. The number of hydrogen-bond donors (Lipinski definition) is 3. The van der Waals surface area contributed by atoms with Crippen LogP contribution in [0, 0.1) is 11.6 Å². The van der Waals surface area contributed by atoms with Crippen molar-refractivity contribution in [3.8, 4) is 0 Å². The van der Waals surface area contributed by atoms with Crippen molar-refractivity contribution in [1.29, 1.82) is 0 Å². The van der Waals surface area contributed by atoms with Crippen molar-refractivity contribution in [2.24, 2.45) is 5.73 Å². The van der Waals surface area contributed by atoms with Gasteiger partial charge in [-0.15, -0.1) is 0 Å². The zero-order valence-corrected chi connectivity index (χ0v) is 23.6. The SMILES string of the molecule is CCCCC(F)CC[C@@H](NC(=O)OC)C(=O)O[C@H](CNCc1cccc(CC)c1)[C@@H](N)Cc1cc(F)cc(F)c1. The molecule has 2 rings (SSSR count). The van der Waals surface area contributed by atoms with Gasteiger partial charge in [-0.3, -0.25) is 0 Å². The number of methoxy groups -OCH3 is 1. The summed E-state index contributed by atoms with van der Waals surface area (Å²) in [6, 6.07) is 9.12. The highest BCUT2D eigenvalue weighted by Crippen LogP contribution is 2.16. The van der Waals surface area contributed by atoms with Crippen molar-refractivity contribution in [2.45, 2.75) is 89.7 Å². The maximum atomic E-state index is 14.3. The number of unbranched alkanes of at least 4 members (excludes halogenated alkanes) is 1. The van der Waals surface area contributed by atoms with E-state index in [1.807, 2.05) is 25.1 Å². The van der Waals surface area contributed by atoms with Crippen LogP contribution in [0.2, 0.25) is 0 Å². The number of nitrogens with one attached hydrogen (secondary N) is 2. The van der Waals surface area contributed by atoms with Crippen LogP contribution in [0.15, 0.2) is 42.5 Å². The first kappa shape index (κ1) is 33.1. The lowest BCUT2D eigenvalue weighted by molar-refractivity contribution is -0.152. The summed E-state index contributed by atoms with van der Waals surface area (Å²) in [7, 11) is 1.16. The van der Waals surface area contributed by atoms with Crippen LogP contribution in [0.3, 0.4) is 0 Å². The quantitative estimate of drug-likeness (QED) is 0.230. The molecule has 0 spiro atoms. The van der Waals surface area contributed by atoms with Crippen LogP contribution in [0.25, 0.3) is 0 Å². The van der Waals surface area contributed by atoms with Crippen molar-refractivity contribution in [3.05, 3.63) is 70.8 Å². The van der Waals surface area contributed by atoms with Gasteiger partial charge in [0.15, 0.2) is 0 Å². The number of ether oxygens (including phenoxy) is 2. The van der Waals surface area contributed by atoms with Gasteiger partial charge >= 0.3 is 12.1 Å². The minimum absolute atomic E-state index is 0.00706. The fourth-order valence-corrected chi connectivity index (χ4v) is 4.33. The molecular formula is C30H42F3N3O4. The Kier molecular flexibility index (Phi) is 14.5. The number of aryl methyl sites for hydroxylation is 1. The van der Waals surface area contributed by atoms with E-state index in [-0.39, 0.29) is 25.8 Å². The molecule has 222 valence electrons. The highest BCUT2D eigenvalue weighted by atomic mass is 19.1. The van der Waals surface area contributed by atoms with E-state index in [0.29, 0.717) is 24.9 Å². The standard InChI is InChI=1S/C30H42F3N3O4/c1-4-6-10-23(31)11-12-27(36-30(38)39-3)29(37)40-28(19-35-18-21-9-7-8-20(5-2)13-21)26(34)16-22-14-24(32)17-25(33)15-22/h7-9,13-15,17,23,26-28,35H,4-6,10-12,16,18-19,34H2,1-3H3,(H,36,38)/t23?,26-,27+,28+/m0/s1. The monoisotopic (exact) mass is 565 g/mol. The zero-order chi connectivity index (χ0) is 29.5. The highest BCUT2D eigenvalue weighted by molar-refractivity contribution is 5.81. The Hall–Kier alpha value is -3.11. The Labute approximate surface area is 235 Å². The molecule has 0 radical (unpaired) electrons. The van der Waals surface area contributed by atoms with E-state index in [1.165, 1.54) is 17.7 Å². The molecule has 1 amide bonds. The lowest BCUT2D eigenvalue weighted by Crippen LogP contribution is -2.50. The molecule has 0 aliphatic rings. The first-order chi connectivity index (χ1) is 19.1. The number of esters is 1. The summed E-state index contributed by atoms with van der Waals surface area (Å²) in [4.78, 5) is 25.1. The molecule has 0 aliphatic carbocycles. The van der Waals surface area contributed by atoms with Crippen LogP contribution in [0.5, 0.6) is 0 Å². The minimum Gasteiger partial charge on any atom is -0.458 e. The van der Waals surface area contributed by atoms with Gasteiger partial charge in [-0.2, -0.15) is 0 Å². The number of nitrogens with two attached hydrogens (primary N) is 1. The van der Waals surface area contributed by atoms with Gasteiger partial charge in [0.05, 0.1) is 7.11 Å². The summed E-state index contributed by atoms with van der Waals surface area (Å²) in [5, 5.41) is 5.65. The highest BCUT2D eigenvalue weighted by Gasteiger charge is 2.29. The molecular weight excluding hydrogens is 523 g/mol. The summed E-state index contributed by atoms with van der Waals surface area (Å²) < 4.78 is 52.2. The third-order valence-electron chi connectivity index (χ3n) is 6.61. The third-order valence-corrected chi connectivity index (χ3v) is 6.61. The van der Waals surface area contributed by atoms with E-state index in [0.717, 1.165) is 31.6 Å². The van der Waals surface area contributed by atoms with Crippen molar-refractivity contribution in [3.63, 3.8) is 0 Å². The van der Waals surface area contributed by atoms with E-state index in [4.69, 9.17) is 10.5 Å². The molecule has 4 N–H and O–H groups in total. The molecule has 1 unspecified atom stereocenters. The smallest absolute Gasteiger partial charge is 0.407 e.